The number of carbonyl (C=O) groups is 1. The predicted molar refractivity (Wildman–Crippen MR) is 90.9 cm³/mol. The Balaban J connectivity index is 0.00000192. The molecule has 9 heteroatoms. The maximum absolute atomic E-state index is 14.1. The van der Waals surface area contributed by atoms with Crippen LogP contribution >= 0.6 is 24.2 Å². The van der Waals surface area contributed by atoms with E-state index in [2.05, 4.69) is 20.7 Å². The van der Waals surface area contributed by atoms with Crippen LogP contribution in [0.5, 0.6) is 0 Å². The Morgan fingerprint density at radius 3 is 3.04 bits per heavy atom. The SMILES string of the molecule is Cl.O=C(CC1CSCCN1)Nc1ccc(-n2cncn2)c(F)c1. The summed E-state index contributed by atoms with van der Waals surface area (Å²) in [4.78, 5) is 15.8. The molecule has 6 nitrogen and oxygen atoms in total. The second-order valence-corrected chi connectivity index (χ2v) is 6.13. The van der Waals surface area contributed by atoms with Crippen LogP contribution in [-0.2, 0) is 4.79 Å². The fourth-order valence-corrected chi connectivity index (χ4v) is 3.24. The highest BCUT2D eigenvalue weighted by molar-refractivity contribution is 7.99. The number of hydrogen-bond donors (Lipinski definition) is 2. The van der Waals surface area contributed by atoms with E-state index in [1.165, 1.54) is 23.4 Å². The summed E-state index contributed by atoms with van der Waals surface area (Å²) in [6, 6.07) is 4.69. The first kappa shape index (κ1) is 17.7. The summed E-state index contributed by atoms with van der Waals surface area (Å²) in [5, 5.41) is 9.91. The molecule has 2 N–H and O–H groups in total. The van der Waals surface area contributed by atoms with Crippen LogP contribution in [0.2, 0.25) is 0 Å². The lowest BCUT2D eigenvalue weighted by atomic mass is 10.2. The Morgan fingerprint density at radius 1 is 1.52 bits per heavy atom. The number of rotatable bonds is 4. The van der Waals surface area contributed by atoms with E-state index in [1.807, 2.05) is 11.8 Å². The molecule has 0 spiro atoms. The molecule has 3 rings (SSSR count). The lowest BCUT2D eigenvalue weighted by Crippen LogP contribution is -2.39. The molecule has 2 aromatic rings. The molecule has 0 radical (unpaired) electrons. The summed E-state index contributed by atoms with van der Waals surface area (Å²) in [6.07, 6.45) is 3.15. The number of thioether (sulfide) groups is 1. The van der Waals surface area contributed by atoms with Gasteiger partial charge in [0.25, 0.3) is 0 Å². The molecule has 1 fully saturated rings. The van der Waals surface area contributed by atoms with Crippen LogP contribution in [0.3, 0.4) is 0 Å². The molecule has 23 heavy (non-hydrogen) atoms. The van der Waals surface area contributed by atoms with E-state index in [0.717, 1.165) is 18.1 Å². The molecule has 1 unspecified atom stereocenters. The van der Waals surface area contributed by atoms with Gasteiger partial charge in [0.15, 0.2) is 5.82 Å². The van der Waals surface area contributed by atoms with Crippen molar-refractivity contribution < 1.29 is 9.18 Å². The van der Waals surface area contributed by atoms with Crippen LogP contribution in [-0.4, -0.2) is 44.8 Å². The number of carbonyl (C=O) groups excluding carboxylic acids is 1. The van der Waals surface area contributed by atoms with Gasteiger partial charge < -0.3 is 10.6 Å². The summed E-state index contributed by atoms with van der Waals surface area (Å²) in [5.41, 5.74) is 0.732. The van der Waals surface area contributed by atoms with Crippen LogP contribution in [0.15, 0.2) is 30.9 Å². The van der Waals surface area contributed by atoms with E-state index < -0.39 is 5.82 Å². The summed E-state index contributed by atoms with van der Waals surface area (Å²) >= 11 is 1.84. The van der Waals surface area contributed by atoms with Crippen LogP contribution in [0.4, 0.5) is 10.1 Å². The Hall–Kier alpha value is -1.64. The van der Waals surface area contributed by atoms with Crippen molar-refractivity contribution in [3.8, 4) is 5.69 Å². The second-order valence-electron chi connectivity index (χ2n) is 4.98. The van der Waals surface area contributed by atoms with E-state index in [1.54, 1.807) is 12.1 Å². The largest absolute Gasteiger partial charge is 0.326 e. The van der Waals surface area contributed by atoms with Gasteiger partial charge in [0.2, 0.25) is 5.91 Å². The molecule has 1 aromatic heterocycles. The van der Waals surface area contributed by atoms with Gasteiger partial charge in [0.05, 0.1) is 0 Å². The minimum atomic E-state index is -0.463. The number of benzene rings is 1. The van der Waals surface area contributed by atoms with Gasteiger partial charge in [-0.1, -0.05) is 0 Å². The zero-order chi connectivity index (χ0) is 15.4. The standard InChI is InChI=1S/C14H16FN5OS.ClH/c15-12-5-10(1-2-13(12)20-9-16-8-18-20)19-14(21)6-11-7-22-4-3-17-11;/h1-2,5,8-9,11,17H,3-4,6-7H2,(H,19,21);1H. The molecule has 0 saturated carbocycles. The molecule has 124 valence electrons. The van der Waals surface area contributed by atoms with Gasteiger partial charge in [-0.15, -0.1) is 12.4 Å². The molecular formula is C14H17ClFN5OS. The first-order valence-electron chi connectivity index (χ1n) is 6.98. The zero-order valence-electron chi connectivity index (χ0n) is 12.2. The Kier molecular flexibility index (Phi) is 6.37. The average molecular weight is 358 g/mol. The monoisotopic (exact) mass is 357 g/mol. The minimum absolute atomic E-state index is 0. The molecule has 1 atom stereocenters. The normalized spacial score (nSPS) is 17.3. The van der Waals surface area contributed by atoms with Gasteiger partial charge in [-0.3, -0.25) is 4.79 Å². The minimum Gasteiger partial charge on any atom is -0.326 e. The van der Waals surface area contributed by atoms with E-state index in [9.17, 15) is 9.18 Å². The van der Waals surface area contributed by atoms with Crippen molar-refractivity contribution in [1.82, 2.24) is 20.1 Å². The van der Waals surface area contributed by atoms with Gasteiger partial charge in [-0.25, -0.2) is 14.1 Å². The van der Waals surface area contributed by atoms with E-state index >= 15 is 0 Å². The Bertz CT molecular complexity index is 649. The third-order valence-electron chi connectivity index (χ3n) is 3.33. The first-order chi connectivity index (χ1) is 10.7. The third kappa shape index (κ3) is 4.66. The Morgan fingerprint density at radius 2 is 2.39 bits per heavy atom. The van der Waals surface area contributed by atoms with Crippen molar-refractivity contribution >= 4 is 35.8 Å². The first-order valence-corrected chi connectivity index (χ1v) is 8.13. The second kappa shape index (κ2) is 8.28. The van der Waals surface area contributed by atoms with Gasteiger partial charge in [0, 0.05) is 36.2 Å². The fourth-order valence-electron chi connectivity index (χ4n) is 2.29. The zero-order valence-corrected chi connectivity index (χ0v) is 13.9. The summed E-state index contributed by atoms with van der Waals surface area (Å²) in [5.74, 6) is 1.42. The van der Waals surface area contributed by atoms with Gasteiger partial charge >= 0.3 is 0 Å². The summed E-state index contributed by atoms with van der Waals surface area (Å²) in [7, 11) is 0. The molecule has 1 saturated heterocycles. The van der Waals surface area contributed by atoms with E-state index in [-0.39, 0.29) is 24.4 Å². The van der Waals surface area contributed by atoms with Crippen molar-refractivity contribution in [2.45, 2.75) is 12.5 Å². The van der Waals surface area contributed by atoms with E-state index in [4.69, 9.17) is 0 Å². The molecule has 2 heterocycles. The summed E-state index contributed by atoms with van der Waals surface area (Å²) < 4.78 is 15.4. The van der Waals surface area contributed by atoms with Gasteiger partial charge in [0.1, 0.15) is 18.3 Å². The number of anilines is 1. The molecule has 1 aromatic carbocycles. The highest BCUT2D eigenvalue weighted by Gasteiger charge is 2.17. The highest BCUT2D eigenvalue weighted by atomic mass is 35.5. The number of amides is 1. The van der Waals surface area contributed by atoms with E-state index in [0.29, 0.717) is 17.8 Å². The lowest BCUT2D eigenvalue weighted by molar-refractivity contribution is -0.116. The van der Waals surface area contributed by atoms with Gasteiger partial charge in [-0.2, -0.15) is 16.9 Å². The number of aromatic nitrogens is 3. The quantitative estimate of drug-likeness (QED) is 0.874. The maximum Gasteiger partial charge on any atom is 0.225 e. The molecule has 1 aliphatic heterocycles. The molecule has 1 amide bonds. The van der Waals surface area contributed by atoms with Crippen molar-refractivity contribution in [1.29, 1.82) is 0 Å². The average Bonchev–Trinajstić information content (AvgIpc) is 3.02. The third-order valence-corrected chi connectivity index (χ3v) is 4.46. The molecule has 1 aliphatic rings. The number of nitrogens with one attached hydrogen (secondary N) is 2. The number of hydrogen-bond acceptors (Lipinski definition) is 5. The van der Waals surface area contributed by atoms with Crippen LogP contribution in [0, 0.1) is 5.82 Å². The van der Waals surface area contributed by atoms with Crippen molar-refractivity contribution in [3.63, 3.8) is 0 Å². The Labute approximate surface area is 143 Å². The smallest absolute Gasteiger partial charge is 0.225 e. The maximum atomic E-state index is 14.1. The number of halogens is 2. The predicted octanol–water partition coefficient (Wildman–Crippen LogP) is 1.86. The van der Waals surface area contributed by atoms with Crippen LogP contribution in [0.1, 0.15) is 6.42 Å². The van der Waals surface area contributed by atoms with Crippen LogP contribution in [0.25, 0.3) is 5.69 Å². The number of nitrogens with zero attached hydrogens (tertiary/aromatic N) is 3. The molecule has 0 bridgehead atoms. The van der Waals surface area contributed by atoms with Crippen molar-refractivity contribution in [2.24, 2.45) is 0 Å². The highest BCUT2D eigenvalue weighted by Crippen LogP contribution is 2.18. The topological polar surface area (TPSA) is 71.8 Å². The van der Waals surface area contributed by atoms with Gasteiger partial charge in [-0.05, 0) is 18.2 Å². The van der Waals surface area contributed by atoms with Crippen molar-refractivity contribution in [3.05, 3.63) is 36.7 Å². The fraction of sp³-hybridized carbons (Fsp3) is 0.357. The lowest BCUT2D eigenvalue weighted by Gasteiger charge is -2.22. The summed E-state index contributed by atoms with van der Waals surface area (Å²) in [6.45, 7) is 0.920. The van der Waals surface area contributed by atoms with Crippen LogP contribution < -0.4 is 10.6 Å². The van der Waals surface area contributed by atoms with Crippen molar-refractivity contribution in [2.75, 3.05) is 23.4 Å². The molecular weight excluding hydrogens is 341 g/mol. The molecule has 0 aliphatic carbocycles.